The number of piperidine rings is 1. The summed E-state index contributed by atoms with van der Waals surface area (Å²) >= 11 is 5.39. The zero-order chi connectivity index (χ0) is 11.5. The molecule has 2 nitrogen and oxygen atoms in total. The van der Waals surface area contributed by atoms with Crippen molar-refractivity contribution in [3.8, 4) is 0 Å². The molecule has 1 atom stereocenters. The van der Waals surface area contributed by atoms with Gasteiger partial charge in [-0.3, -0.25) is 4.90 Å². The first-order valence-corrected chi connectivity index (χ1v) is 6.54. The molecule has 2 heterocycles. The van der Waals surface area contributed by atoms with Crippen LogP contribution >= 0.6 is 12.2 Å². The number of aromatic amines is 1. The molecule has 1 aromatic heterocycles. The first kappa shape index (κ1) is 11.8. The molecule has 0 radical (unpaired) electrons. The lowest BCUT2D eigenvalue weighted by Crippen LogP contribution is -2.38. The second-order valence-corrected chi connectivity index (χ2v) is 5.21. The van der Waals surface area contributed by atoms with E-state index in [2.05, 4.69) is 35.9 Å². The van der Waals surface area contributed by atoms with E-state index in [1.807, 2.05) is 6.20 Å². The third-order valence-electron chi connectivity index (χ3n) is 3.42. The van der Waals surface area contributed by atoms with Crippen molar-refractivity contribution in [1.82, 2.24) is 9.88 Å². The smallest absolute Gasteiger partial charge is 0.108 e. The fraction of sp³-hybridized carbons (Fsp3) is 0.615. The largest absolute Gasteiger partial charge is 0.353 e. The predicted molar refractivity (Wildman–Crippen MR) is 70.1 cm³/mol. The van der Waals surface area contributed by atoms with E-state index in [0.29, 0.717) is 12.1 Å². The summed E-state index contributed by atoms with van der Waals surface area (Å²) in [6.45, 7) is 5.74. The van der Waals surface area contributed by atoms with Crippen molar-refractivity contribution in [3.63, 3.8) is 0 Å². The molecule has 0 unspecified atom stereocenters. The Labute approximate surface area is 103 Å². The molecular weight excluding hydrogens is 216 g/mol. The summed E-state index contributed by atoms with van der Waals surface area (Å²) in [6, 6.07) is 5.33. The van der Waals surface area contributed by atoms with Gasteiger partial charge in [-0.15, -0.1) is 0 Å². The highest BCUT2D eigenvalue weighted by Crippen LogP contribution is 2.32. The normalized spacial score (nSPS) is 22.6. The Morgan fingerprint density at radius 2 is 2.25 bits per heavy atom. The second-order valence-electron chi connectivity index (χ2n) is 4.80. The third kappa shape index (κ3) is 2.36. The summed E-state index contributed by atoms with van der Waals surface area (Å²) in [7, 11) is 0. The van der Waals surface area contributed by atoms with Gasteiger partial charge in [-0.05, 0) is 39.3 Å². The van der Waals surface area contributed by atoms with Crippen molar-refractivity contribution in [3.05, 3.63) is 28.5 Å². The minimum absolute atomic E-state index is 0.513. The van der Waals surface area contributed by atoms with Gasteiger partial charge in [0.05, 0.1) is 0 Å². The minimum Gasteiger partial charge on any atom is -0.353 e. The Balaban J connectivity index is 2.30. The molecule has 1 aliphatic rings. The lowest BCUT2D eigenvalue weighted by Gasteiger charge is -2.38. The topological polar surface area (TPSA) is 19.0 Å². The number of hydrogen-bond donors (Lipinski definition) is 1. The Morgan fingerprint density at radius 1 is 1.44 bits per heavy atom. The van der Waals surface area contributed by atoms with Gasteiger partial charge in [0, 0.05) is 23.8 Å². The van der Waals surface area contributed by atoms with Gasteiger partial charge >= 0.3 is 0 Å². The van der Waals surface area contributed by atoms with E-state index < -0.39 is 0 Å². The van der Waals surface area contributed by atoms with Crippen LogP contribution in [0.1, 0.15) is 44.7 Å². The molecule has 0 saturated carbocycles. The average molecular weight is 236 g/mol. The van der Waals surface area contributed by atoms with Crippen LogP contribution in [0.25, 0.3) is 0 Å². The molecule has 1 N–H and O–H groups in total. The zero-order valence-corrected chi connectivity index (χ0v) is 10.9. The van der Waals surface area contributed by atoms with Crippen molar-refractivity contribution in [2.75, 3.05) is 6.54 Å². The van der Waals surface area contributed by atoms with Gasteiger partial charge in [0.15, 0.2) is 0 Å². The van der Waals surface area contributed by atoms with Crippen molar-refractivity contribution in [2.45, 2.75) is 45.2 Å². The first-order chi connectivity index (χ1) is 7.70. The number of pyridine rings is 1. The van der Waals surface area contributed by atoms with Crippen LogP contribution < -0.4 is 0 Å². The summed E-state index contributed by atoms with van der Waals surface area (Å²) in [4.78, 5) is 5.72. The number of nitrogens with zero attached hydrogens (tertiary/aromatic N) is 1. The molecule has 1 fully saturated rings. The van der Waals surface area contributed by atoms with Crippen molar-refractivity contribution < 1.29 is 0 Å². The Hall–Kier alpha value is -0.670. The van der Waals surface area contributed by atoms with Crippen LogP contribution in [0, 0.1) is 4.64 Å². The highest BCUT2D eigenvalue weighted by atomic mass is 32.1. The van der Waals surface area contributed by atoms with Gasteiger partial charge in [0.1, 0.15) is 4.64 Å². The quantitative estimate of drug-likeness (QED) is 0.790. The summed E-state index contributed by atoms with van der Waals surface area (Å²) in [5, 5.41) is 0. The average Bonchev–Trinajstić information content (AvgIpc) is 2.29. The highest BCUT2D eigenvalue weighted by Gasteiger charge is 2.26. The number of likely N-dealkylation sites (tertiary alicyclic amines) is 1. The molecule has 0 aromatic carbocycles. The van der Waals surface area contributed by atoms with Crippen molar-refractivity contribution in [2.24, 2.45) is 0 Å². The molecule has 2 rings (SSSR count). The molecule has 1 aliphatic heterocycles. The van der Waals surface area contributed by atoms with Crippen molar-refractivity contribution >= 4 is 12.2 Å². The van der Waals surface area contributed by atoms with Crippen LogP contribution in [0.15, 0.2) is 18.3 Å². The molecule has 1 aromatic rings. The van der Waals surface area contributed by atoms with Gasteiger partial charge in [-0.2, -0.15) is 0 Å². The Bertz CT molecular complexity index is 397. The van der Waals surface area contributed by atoms with Crippen molar-refractivity contribution in [1.29, 1.82) is 0 Å². The van der Waals surface area contributed by atoms with Gasteiger partial charge in [0.25, 0.3) is 0 Å². The molecule has 0 bridgehead atoms. The highest BCUT2D eigenvalue weighted by molar-refractivity contribution is 7.71. The summed E-state index contributed by atoms with van der Waals surface area (Å²) < 4.78 is 0.903. The maximum absolute atomic E-state index is 5.39. The molecule has 0 amide bonds. The zero-order valence-electron chi connectivity index (χ0n) is 10.1. The van der Waals surface area contributed by atoms with Gasteiger partial charge < -0.3 is 4.98 Å². The number of aromatic nitrogens is 1. The Kier molecular flexibility index (Phi) is 3.77. The van der Waals surface area contributed by atoms with Crippen LogP contribution in [0.4, 0.5) is 0 Å². The molecule has 1 saturated heterocycles. The van der Waals surface area contributed by atoms with E-state index >= 15 is 0 Å². The molecule has 0 spiro atoms. The van der Waals surface area contributed by atoms with Crippen LogP contribution in [0.5, 0.6) is 0 Å². The third-order valence-corrected chi connectivity index (χ3v) is 3.77. The Morgan fingerprint density at radius 3 is 2.94 bits per heavy atom. The maximum atomic E-state index is 5.39. The second kappa shape index (κ2) is 5.11. The summed E-state index contributed by atoms with van der Waals surface area (Å²) in [5.41, 5.74) is 1.30. The predicted octanol–water partition coefficient (Wildman–Crippen LogP) is 3.68. The molecule has 3 heteroatoms. The van der Waals surface area contributed by atoms with E-state index in [1.165, 1.54) is 31.4 Å². The maximum Gasteiger partial charge on any atom is 0.108 e. The number of nitrogens with one attached hydrogen (secondary N) is 1. The fourth-order valence-electron chi connectivity index (χ4n) is 2.60. The lowest BCUT2D eigenvalue weighted by molar-refractivity contribution is 0.111. The monoisotopic (exact) mass is 236 g/mol. The fourth-order valence-corrected chi connectivity index (χ4v) is 2.88. The van der Waals surface area contributed by atoms with Crippen LogP contribution in [0.3, 0.4) is 0 Å². The molecule has 88 valence electrons. The van der Waals surface area contributed by atoms with E-state index in [-0.39, 0.29) is 0 Å². The van der Waals surface area contributed by atoms with Crippen LogP contribution in [-0.4, -0.2) is 22.5 Å². The van der Waals surface area contributed by atoms with Crippen LogP contribution in [0.2, 0.25) is 0 Å². The van der Waals surface area contributed by atoms with Crippen LogP contribution in [-0.2, 0) is 0 Å². The van der Waals surface area contributed by atoms with Gasteiger partial charge in [-0.25, -0.2) is 0 Å². The van der Waals surface area contributed by atoms with Gasteiger partial charge in [0.2, 0.25) is 0 Å². The number of hydrogen-bond acceptors (Lipinski definition) is 2. The lowest BCUT2D eigenvalue weighted by atomic mass is 9.95. The molecule has 16 heavy (non-hydrogen) atoms. The first-order valence-electron chi connectivity index (χ1n) is 6.13. The summed E-state index contributed by atoms with van der Waals surface area (Å²) in [6.07, 6.45) is 5.78. The number of rotatable bonds is 2. The minimum atomic E-state index is 0.513. The van der Waals surface area contributed by atoms with E-state index in [0.717, 1.165) is 4.64 Å². The van der Waals surface area contributed by atoms with Gasteiger partial charge in [-0.1, -0.05) is 24.7 Å². The molecule has 0 aliphatic carbocycles. The summed E-state index contributed by atoms with van der Waals surface area (Å²) in [5.74, 6) is 0. The SMILES string of the molecule is CC(C)N1CCCC[C@@H]1c1ccc[nH]c1=S. The standard InChI is InChI=1S/C13H20N2S/c1-10(2)15-9-4-3-7-12(15)11-6-5-8-14-13(11)16/h5-6,8,10,12H,3-4,7,9H2,1-2H3,(H,14,16)/t12-/m1/s1. The van der Waals surface area contributed by atoms with E-state index in [1.54, 1.807) is 0 Å². The molecular formula is C13H20N2S. The number of H-pyrrole nitrogens is 1. The van der Waals surface area contributed by atoms with E-state index in [9.17, 15) is 0 Å². The van der Waals surface area contributed by atoms with E-state index in [4.69, 9.17) is 12.2 Å².